The van der Waals surface area contributed by atoms with Gasteiger partial charge in [0.1, 0.15) is 5.76 Å². The molecule has 148 valence electrons. The van der Waals surface area contributed by atoms with Gasteiger partial charge in [0, 0.05) is 68.6 Å². The van der Waals surface area contributed by atoms with Crippen molar-refractivity contribution in [2.45, 2.75) is 44.7 Å². The van der Waals surface area contributed by atoms with E-state index in [-0.39, 0.29) is 11.5 Å². The molecule has 2 bridgehead atoms. The van der Waals surface area contributed by atoms with Crippen molar-refractivity contribution in [3.63, 3.8) is 0 Å². The molecule has 3 aliphatic heterocycles. The number of piperidine rings is 2. The first kappa shape index (κ1) is 17.7. The molecule has 6 heteroatoms. The fourth-order valence-corrected chi connectivity index (χ4v) is 5.74. The quantitative estimate of drug-likeness (QED) is 0.847. The minimum Gasteiger partial charge on any atom is -0.464 e. The van der Waals surface area contributed by atoms with Gasteiger partial charge in [-0.3, -0.25) is 9.59 Å². The van der Waals surface area contributed by atoms with E-state index in [4.69, 9.17) is 4.42 Å². The molecule has 2 saturated heterocycles. The zero-order chi connectivity index (χ0) is 19.3. The Labute approximate surface area is 164 Å². The molecule has 2 fully saturated rings. The van der Waals surface area contributed by atoms with Crippen LogP contribution in [-0.4, -0.2) is 47.6 Å². The van der Waals surface area contributed by atoms with Crippen molar-refractivity contribution in [1.29, 1.82) is 0 Å². The summed E-state index contributed by atoms with van der Waals surface area (Å²) in [6.07, 6.45) is 5.03. The van der Waals surface area contributed by atoms with Crippen LogP contribution in [0.15, 0.2) is 39.7 Å². The number of carbonyl (C=O) groups excluding carboxylic acids is 1. The van der Waals surface area contributed by atoms with E-state index in [1.165, 1.54) is 0 Å². The lowest BCUT2D eigenvalue weighted by atomic mass is 9.80. The Morgan fingerprint density at radius 3 is 2.71 bits per heavy atom. The highest BCUT2D eigenvalue weighted by molar-refractivity contribution is 5.73. The number of nitrogens with zero attached hydrogens (tertiary/aromatic N) is 2. The number of aromatic nitrogens is 1. The monoisotopic (exact) mass is 382 g/mol. The number of furan rings is 1. The van der Waals surface area contributed by atoms with Gasteiger partial charge in [-0.05, 0) is 24.6 Å². The van der Waals surface area contributed by atoms with Gasteiger partial charge >= 0.3 is 0 Å². The summed E-state index contributed by atoms with van der Waals surface area (Å²) in [5.41, 5.74) is 2.34. The molecule has 3 aliphatic rings. The van der Waals surface area contributed by atoms with Crippen LogP contribution in [0.5, 0.6) is 0 Å². The van der Waals surface area contributed by atoms with Crippen molar-refractivity contribution >= 4 is 5.91 Å². The van der Waals surface area contributed by atoms with Crippen LogP contribution in [0.1, 0.15) is 37.8 Å². The number of hydrogen-bond donors (Lipinski definition) is 1. The molecule has 2 aromatic rings. The zero-order valence-electron chi connectivity index (χ0n) is 16.4. The third-order valence-corrected chi connectivity index (χ3v) is 7.03. The number of pyridine rings is 1. The highest BCUT2D eigenvalue weighted by Gasteiger charge is 2.42. The van der Waals surface area contributed by atoms with Crippen LogP contribution in [0.3, 0.4) is 0 Å². The van der Waals surface area contributed by atoms with Crippen LogP contribution in [0.2, 0.25) is 0 Å². The lowest BCUT2D eigenvalue weighted by molar-refractivity contribution is -0.937. The van der Waals surface area contributed by atoms with Crippen molar-refractivity contribution < 1.29 is 14.1 Å². The number of nitrogens with one attached hydrogen (secondary N) is 1. The van der Waals surface area contributed by atoms with Gasteiger partial charge in [-0.2, -0.15) is 0 Å². The Kier molecular flexibility index (Phi) is 4.38. The van der Waals surface area contributed by atoms with Crippen molar-refractivity contribution in [3.8, 4) is 11.3 Å². The summed E-state index contributed by atoms with van der Waals surface area (Å²) in [6.45, 7) is 6.45. The molecular weight excluding hydrogens is 354 g/mol. The average molecular weight is 382 g/mol. The van der Waals surface area contributed by atoms with Gasteiger partial charge in [0.05, 0.1) is 25.4 Å². The molecule has 1 unspecified atom stereocenters. The number of hydrogen-bond acceptors (Lipinski definition) is 3. The number of rotatable bonds is 2. The predicted molar refractivity (Wildman–Crippen MR) is 105 cm³/mol. The topological polar surface area (TPSA) is 59.9 Å². The van der Waals surface area contributed by atoms with Gasteiger partial charge in [-0.15, -0.1) is 0 Å². The van der Waals surface area contributed by atoms with Crippen LogP contribution in [-0.2, 0) is 11.3 Å². The van der Waals surface area contributed by atoms with Crippen molar-refractivity contribution in [3.05, 3.63) is 46.6 Å². The summed E-state index contributed by atoms with van der Waals surface area (Å²) in [7, 11) is 0. The predicted octanol–water partition coefficient (Wildman–Crippen LogP) is 1.12. The second-order valence-electron chi connectivity index (χ2n) is 8.70. The lowest BCUT2D eigenvalue weighted by Gasteiger charge is -2.45. The maximum absolute atomic E-state index is 12.6. The number of carbonyl (C=O) groups is 1. The van der Waals surface area contributed by atoms with Crippen LogP contribution in [0.4, 0.5) is 0 Å². The van der Waals surface area contributed by atoms with Gasteiger partial charge in [-0.1, -0.05) is 0 Å². The first-order chi connectivity index (χ1) is 13.6. The molecule has 2 aromatic heterocycles. The van der Waals surface area contributed by atoms with E-state index in [0.717, 1.165) is 69.0 Å². The maximum atomic E-state index is 12.6. The average Bonchev–Trinajstić information content (AvgIpc) is 3.23. The second kappa shape index (κ2) is 6.92. The van der Waals surface area contributed by atoms with Crippen molar-refractivity contribution in [1.82, 2.24) is 9.47 Å². The van der Waals surface area contributed by atoms with Gasteiger partial charge in [-0.25, -0.2) is 0 Å². The molecule has 1 amide bonds. The Morgan fingerprint density at radius 2 is 2.00 bits per heavy atom. The molecule has 6 nitrogen and oxygen atoms in total. The molecule has 0 aliphatic carbocycles. The molecule has 1 N–H and O–H groups in total. The molecule has 28 heavy (non-hydrogen) atoms. The second-order valence-corrected chi connectivity index (χ2v) is 8.70. The fourth-order valence-electron chi connectivity index (χ4n) is 5.74. The Hall–Kier alpha value is -2.34. The summed E-state index contributed by atoms with van der Waals surface area (Å²) < 4.78 is 7.69. The third-order valence-electron chi connectivity index (χ3n) is 7.03. The minimum absolute atomic E-state index is 0.109. The molecule has 0 radical (unpaired) electrons. The maximum Gasteiger partial charge on any atom is 0.250 e. The molecule has 5 rings (SSSR count). The molecular formula is C22H28N3O3+. The number of quaternary nitrogens is 1. The highest BCUT2D eigenvalue weighted by Crippen LogP contribution is 2.37. The van der Waals surface area contributed by atoms with Crippen molar-refractivity contribution in [2.24, 2.45) is 5.92 Å². The molecule has 0 spiro atoms. The van der Waals surface area contributed by atoms with Crippen molar-refractivity contribution in [2.75, 3.05) is 26.2 Å². The van der Waals surface area contributed by atoms with E-state index >= 15 is 0 Å². The third kappa shape index (κ3) is 3.00. The summed E-state index contributed by atoms with van der Waals surface area (Å²) in [5.74, 6) is 1.99. The smallest absolute Gasteiger partial charge is 0.250 e. The van der Waals surface area contributed by atoms with Gasteiger partial charge in [0.25, 0.3) is 5.56 Å². The van der Waals surface area contributed by atoms with E-state index in [9.17, 15) is 9.59 Å². The number of fused-ring (bicyclic) bond motifs is 4. The summed E-state index contributed by atoms with van der Waals surface area (Å²) >= 11 is 0. The number of amides is 1. The molecule has 3 atom stereocenters. The van der Waals surface area contributed by atoms with E-state index in [1.807, 2.05) is 27.7 Å². The standard InChI is InChI=1S/C22H27N3O3/c1-15(26)23-8-6-18(7-9-23)24-12-16-11-17(14-24)22-19(20-3-2-10-28-20)4-5-21(27)25(22)13-16/h2-5,10,16-18H,6-9,11-14H2,1H3/p+1/t16-,17+/m0/s1. The summed E-state index contributed by atoms with van der Waals surface area (Å²) in [4.78, 5) is 27.9. The number of likely N-dealkylation sites (tertiary alicyclic amines) is 2. The van der Waals surface area contributed by atoms with E-state index in [1.54, 1.807) is 24.2 Å². The van der Waals surface area contributed by atoms with Crippen LogP contribution in [0, 0.1) is 5.92 Å². The molecule has 0 aromatic carbocycles. The van der Waals surface area contributed by atoms with Crippen LogP contribution in [0.25, 0.3) is 11.3 Å². The van der Waals surface area contributed by atoms with E-state index in [0.29, 0.717) is 17.9 Å². The molecule has 5 heterocycles. The van der Waals surface area contributed by atoms with Gasteiger partial charge in [0.2, 0.25) is 5.91 Å². The highest BCUT2D eigenvalue weighted by atomic mass is 16.3. The Morgan fingerprint density at radius 1 is 1.18 bits per heavy atom. The summed E-state index contributed by atoms with van der Waals surface area (Å²) in [5, 5.41) is 0. The van der Waals surface area contributed by atoms with Crippen LogP contribution < -0.4 is 10.5 Å². The molecule has 0 saturated carbocycles. The fraction of sp³-hybridized carbons (Fsp3) is 0.545. The normalized spacial score (nSPS) is 27.5. The minimum atomic E-state index is 0.109. The van der Waals surface area contributed by atoms with Crippen LogP contribution >= 0.6 is 0 Å². The largest absolute Gasteiger partial charge is 0.464 e. The first-order valence-corrected chi connectivity index (χ1v) is 10.5. The summed E-state index contributed by atoms with van der Waals surface area (Å²) in [6, 6.07) is 8.13. The lowest BCUT2D eigenvalue weighted by Crippen LogP contribution is -3.18. The van der Waals surface area contributed by atoms with E-state index in [2.05, 4.69) is 0 Å². The Bertz CT molecular complexity index is 925. The first-order valence-electron chi connectivity index (χ1n) is 10.5. The SMILES string of the molecule is CC(=O)N1CCC([NH+]2C[C@@H]3C[C@H](C2)c2c(-c4ccco4)ccc(=O)n2C3)CC1. The van der Waals surface area contributed by atoms with Gasteiger partial charge < -0.3 is 18.8 Å². The Balaban J connectivity index is 1.43. The zero-order valence-corrected chi connectivity index (χ0v) is 16.4. The van der Waals surface area contributed by atoms with E-state index < -0.39 is 0 Å². The van der Waals surface area contributed by atoms with Gasteiger partial charge in [0.15, 0.2) is 0 Å².